The first-order valence-electron chi connectivity index (χ1n) is 10.9. The van der Waals surface area contributed by atoms with Gasteiger partial charge in [0, 0.05) is 6.20 Å². The van der Waals surface area contributed by atoms with Gasteiger partial charge in [0.2, 0.25) is 5.91 Å². The van der Waals surface area contributed by atoms with Crippen LogP contribution in [0.15, 0.2) is 72.9 Å². The van der Waals surface area contributed by atoms with Gasteiger partial charge in [-0.2, -0.15) is 0 Å². The highest BCUT2D eigenvalue weighted by molar-refractivity contribution is 8.15. The number of hydrogen-bond donors (Lipinski definition) is 1. The van der Waals surface area contributed by atoms with Crippen LogP contribution in [0, 0.1) is 6.92 Å². The summed E-state index contributed by atoms with van der Waals surface area (Å²) in [6, 6.07) is 20.1. The maximum Gasteiger partial charge on any atom is 0.338 e. The lowest BCUT2D eigenvalue weighted by atomic mass is 10.0. The molecule has 1 aromatic heterocycles. The summed E-state index contributed by atoms with van der Waals surface area (Å²) in [5, 5.41) is 1.59. The number of amides is 2. The third kappa shape index (κ3) is 6.02. The molecule has 174 valence electrons. The van der Waals surface area contributed by atoms with Crippen molar-refractivity contribution in [2.24, 2.45) is 0 Å². The van der Waals surface area contributed by atoms with Crippen LogP contribution < -0.4 is 10.1 Å². The Hall–Kier alpha value is -3.65. The van der Waals surface area contributed by atoms with Gasteiger partial charge in [-0.3, -0.25) is 19.9 Å². The van der Waals surface area contributed by atoms with Crippen LogP contribution in [-0.4, -0.2) is 40.6 Å². The molecular weight excluding hydrogens is 452 g/mol. The highest BCUT2D eigenvalue weighted by atomic mass is 32.2. The molecule has 1 aliphatic heterocycles. The highest BCUT2D eigenvalue weighted by Gasteiger charge is 2.31. The Balaban J connectivity index is 1.39. The van der Waals surface area contributed by atoms with E-state index in [1.807, 2.05) is 49.4 Å². The molecular formula is C26H24N2O5S. The van der Waals surface area contributed by atoms with Crippen LogP contribution in [0.4, 0.5) is 4.79 Å². The molecule has 1 saturated heterocycles. The molecule has 2 heterocycles. The van der Waals surface area contributed by atoms with Crippen molar-refractivity contribution in [3.8, 4) is 5.75 Å². The Morgan fingerprint density at radius 3 is 2.47 bits per heavy atom. The van der Waals surface area contributed by atoms with Gasteiger partial charge in [-0.1, -0.05) is 48.2 Å². The van der Waals surface area contributed by atoms with Crippen LogP contribution in [0.1, 0.15) is 33.1 Å². The molecule has 2 amide bonds. The van der Waals surface area contributed by atoms with Crippen LogP contribution in [0.5, 0.6) is 5.75 Å². The van der Waals surface area contributed by atoms with Crippen molar-refractivity contribution in [2.75, 3.05) is 13.2 Å². The Morgan fingerprint density at radius 2 is 1.79 bits per heavy atom. The highest BCUT2D eigenvalue weighted by Crippen LogP contribution is 2.25. The second-order valence-electron chi connectivity index (χ2n) is 7.91. The number of rotatable bonds is 9. The summed E-state index contributed by atoms with van der Waals surface area (Å²) in [5.74, 6) is -0.251. The molecule has 8 heteroatoms. The number of thioether (sulfide) groups is 1. The van der Waals surface area contributed by atoms with Gasteiger partial charge in [-0.15, -0.1) is 0 Å². The van der Waals surface area contributed by atoms with Crippen LogP contribution in [0.3, 0.4) is 0 Å². The zero-order valence-electron chi connectivity index (χ0n) is 18.6. The number of aromatic nitrogens is 1. The van der Waals surface area contributed by atoms with Gasteiger partial charge in [0.15, 0.2) is 0 Å². The Labute approximate surface area is 201 Å². The fourth-order valence-electron chi connectivity index (χ4n) is 3.63. The third-order valence-electron chi connectivity index (χ3n) is 5.42. The average molecular weight is 477 g/mol. The maximum atomic E-state index is 12.4. The second-order valence-corrected chi connectivity index (χ2v) is 9.08. The number of aryl methyl sites for hydroxylation is 1. The molecule has 4 rings (SSSR count). The molecule has 2 atom stereocenters. The third-order valence-corrected chi connectivity index (χ3v) is 6.41. The molecule has 0 saturated carbocycles. The smallest absolute Gasteiger partial charge is 0.338 e. The van der Waals surface area contributed by atoms with E-state index in [2.05, 4.69) is 10.3 Å². The molecule has 1 N–H and O–H groups in total. The summed E-state index contributed by atoms with van der Waals surface area (Å²) in [6.45, 7) is 2.37. The summed E-state index contributed by atoms with van der Waals surface area (Å²) in [7, 11) is 0. The van der Waals surface area contributed by atoms with E-state index in [0.29, 0.717) is 17.7 Å². The molecule has 34 heavy (non-hydrogen) atoms. The number of carbonyl (C=O) groups excluding carboxylic acids is 3. The first-order valence-corrected chi connectivity index (χ1v) is 11.7. The van der Waals surface area contributed by atoms with Crippen molar-refractivity contribution in [2.45, 2.75) is 24.5 Å². The Morgan fingerprint density at radius 1 is 1.03 bits per heavy atom. The number of nitrogens with one attached hydrogen (secondary N) is 1. The molecule has 0 aliphatic carbocycles. The predicted octanol–water partition coefficient (Wildman–Crippen LogP) is 4.30. The van der Waals surface area contributed by atoms with E-state index in [-0.39, 0.29) is 30.3 Å². The minimum absolute atomic E-state index is 0.131. The molecule has 2 unspecified atom stereocenters. The van der Waals surface area contributed by atoms with E-state index < -0.39 is 11.2 Å². The van der Waals surface area contributed by atoms with Crippen molar-refractivity contribution in [3.05, 3.63) is 95.3 Å². The molecule has 7 nitrogen and oxygen atoms in total. The van der Waals surface area contributed by atoms with Crippen LogP contribution in [0.25, 0.3) is 0 Å². The minimum Gasteiger partial charge on any atom is -0.493 e. The molecule has 3 aromatic rings. The van der Waals surface area contributed by atoms with Crippen LogP contribution >= 0.6 is 11.8 Å². The van der Waals surface area contributed by atoms with Crippen molar-refractivity contribution in [3.63, 3.8) is 0 Å². The summed E-state index contributed by atoms with van der Waals surface area (Å²) >= 11 is 1.01. The van der Waals surface area contributed by atoms with Crippen molar-refractivity contribution in [1.82, 2.24) is 10.3 Å². The fraction of sp³-hybridized carbons (Fsp3) is 0.231. The molecule has 0 spiro atoms. The minimum atomic E-state index is -0.407. The SMILES string of the molecule is Cc1cccnc1C(COC(=O)c1ccccc1)COc1ccc(CC2SC(=O)NC2=O)cc1. The topological polar surface area (TPSA) is 94.6 Å². The summed E-state index contributed by atoms with van der Waals surface area (Å²) in [5.41, 5.74) is 3.23. The first kappa shape index (κ1) is 23.5. The largest absolute Gasteiger partial charge is 0.493 e. The Bertz CT molecular complexity index is 1170. The maximum absolute atomic E-state index is 12.4. The fourth-order valence-corrected chi connectivity index (χ4v) is 4.49. The van der Waals surface area contributed by atoms with Gasteiger partial charge >= 0.3 is 5.97 Å². The first-order chi connectivity index (χ1) is 16.5. The standard InChI is InChI=1S/C26H24N2O5S/c1-17-6-5-13-27-23(17)20(16-33-25(30)19-7-3-2-4-8-19)15-32-21-11-9-18(10-12-21)14-22-24(29)28-26(31)34-22/h2-13,20,22H,14-16H2,1H3,(H,28,29,31). The summed E-state index contributed by atoms with van der Waals surface area (Å²) in [4.78, 5) is 40.0. The van der Waals surface area contributed by atoms with Gasteiger partial charge in [-0.25, -0.2) is 4.79 Å². The van der Waals surface area contributed by atoms with E-state index in [4.69, 9.17) is 9.47 Å². The number of esters is 1. The zero-order valence-corrected chi connectivity index (χ0v) is 19.4. The van der Waals surface area contributed by atoms with Gasteiger partial charge in [0.1, 0.15) is 12.4 Å². The van der Waals surface area contributed by atoms with Gasteiger partial charge in [0.05, 0.1) is 29.0 Å². The van der Waals surface area contributed by atoms with Crippen molar-refractivity contribution >= 4 is 28.9 Å². The number of nitrogens with zero attached hydrogens (tertiary/aromatic N) is 1. The van der Waals surface area contributed by atoms with Gasteiger partial charge in [0.25, 0.3) is 5.24 Å². The number of benzene rings is 2. The average Bonchev–Trinajstić information content (AvgIpc) is 3.17. The Kier molecular flexibility index (Phi) is 7.59. The monoisotopic (exact) mass is 476 g/mol. The zero-order chi connectivity index (χ0) is 23.9. The van der Waals surface area contributed by atoms with E-state index >= 15 is 0 Å². The van der Waals surface area contributed by atoms with Crippen molar-refractivity contribution in [1.29, 1.82) is 0 Å². The molecule has 2 aromatic carbocycles. The summed E-state index contributed by atoms with van der Waals surface area (Å²) < 4.78 is 11.6. The lowest BCUT2D eigenvalue weighted by Gasteiger charge is -2.19. The van der Waals surface area contributed by atoms with E-state index in [0.717, 1.165) is 28.6 Å². The number of hydrogen-bond acceptors (Lipinski definition) is 7. The second kappa shape index (κ2) is 11.0. The van der Waals surface area contributed by atoms with Gasteiger partial charge < -0.3 is 9.47 Å². The number of carbonyl (C=O) groups is 3. The van der Waals surface area contributed by atoms with E-state index in [1.165, 1.54) is 0 Å². The molecule has 0 radical (unpaired) electrons. The van der Waals surface area contributed by atoms with Gasteiger partial charge in [-0.05, 0) is 54.8 Å². The lowest BCUT2D eigenvalue weighted by molar-refractivity contribution is -0.118. The number of ether oxygens (including phenoxy) is 2. The van der Waals surface area contributed by atoms with Crippen LogP contribution in [0.2, 0.25) is 0 Å². The molecule has 1 fully saturated rings. The normalized spacial score (nSPS) is 16.1. The number of pyridine rings is 1. The van der Waals surface area contributed by atoms with E-state index in [9.17, 15) is 14.4 Å². The lowest BCUT2D eigenvalue weighted by Crippen LogP contribution is -2.25. The summed E-state index contributed by atoms with van der Waals surface area (Å²) in [6.07, 6.45) is 2.18. The molecule has 0 bridgehead atoms. The molecule has 1 aliphatic rings. The van der Waals surface area contributed by atoms with Crippen LogP contribution in [-0.2, 0) is 16.0 Å². The quantitative estimate of drug-likeness (QED) is 0.460. The van der Waals surface area contributed by atoms with Crippen molar-refractivity contribution < 1.29 is 23.9 Å². The number of imide groups is 1. The predicted molar refractivity (Wildman–Crippen MR) is 129 cm³/mol. The van der Waals surface area contributed by atoms with E-state index in [1.54, 1.807) is 30.5 Å².